The topological polar surface area (TPSA) is 133 Å². The molecule has 0 spiro atoms. The number of ether oxygens (including phenoxy) is 2. The molecule has 10 atom stereocenters. The van der Waals surface area contributed by atoms with E-state index in [1.54, 1.807) is 21.3 Å². The molecule has 4 saturated carbocycles. The summed E-state index contributed by atoms with van der Waals surface area (Å²) in [4.78, 5) is 40.3. The Kier molecular flexibility index (Phi) is 17.4. The Bertz CT molecular complexity index is 1870. The van der Waals surface area contributed by atoms with Gasteiger partial charge in [-0.05, 0) is 197 Å². The summed E-state index contributed by atoms with van der Waals surface area (Å²) < 4.78 is 29.4. The molecule has 2 aromatic rings. The van der Waals surface area contributed by atoms with Crippen molar-refractivity contribution in [3.63, 3.8) is 0 Å². The summed E-state index contributed by atoms with van der Waals surface area (Å²) in [5.74, 6) is 4.55. The summed E-state index contributed by atoms with van der Waals surface area (Å²) in [6.45, 7) is 16.1. The average Bonchev–Trinajstić information content (AvgIpc) is 3.60. The molecule has 4 fully saturated rings. The van der Waals surface area contributed by atoms with E-state index >= 15 is 0 Å². The fourth-order valence-electron chi connectivity index (χ4n) is 13.2. The molecule has 0 unspecified atom stereocenters. The standard InChI is InChI=1S/C51H79N3O8SSi/c1-33-25-34(2)28-39(27-33)53-48(56)61-41-19-20-50(6)38(31-41)14-15-42-44-17-16-43(37(5)13-18-47(55)52-21-11-22-63-23-12-24-64(58-8,59-9)60-10)51(44,7)46(32-45(42)50)62-49(57)54-40-29-35(3)26-36(4)30-40/h25-30,37-38,41-46H,11-24,31-32H2,1-10H3,(H,52,55)(H,53,56)(H,54,57)/t37-,38-,41-,42+,43-,44+,45+,46+,50+,51-/m1/s1. The minimum atomic E-state index is -2.52. The number of thioether (sulfide) groups is 1. The van der Waals surface area contributed by atoms with Crippen molar-refractivity contribution in [2.24, 2.45) is 46.3 Å². The molecule has 0 aliphatic heterocycles. The number of hydrogen-bond acceptors (Lipinski definition) is 9. The highest BCUT2D eigenvalue weighted by Crippen LogP contribution is 2.69. The first-order chi connectivity index (χ1) is 30.5. The molecule has 3 N–H and O–H groups in total. The van der Waals surface area contributed by atoms with Gasteiger partial charge in [-0.15, -0.1) is 0 Å². The molecule has 0 radical (unpaired) electrons. The number of carbonyl (C=O) groups excluding carboxylic acids is 3. The maximum absolute atomic E-state index is 14.0. The van der Waals surface area contributed by atoms with Crippen LogP contribution in [0, 0.1) is 74.0 Å². The van der Waals surface area contributed by atoms with Crippen molar-refractivity contribution in [3.05, 3.63) is 58.7 Å². The molecule has 356 valence electrons. The molecule has 6 rings (SSSR count). The summed E-state index contributed by atoms with van der Waals surface area (Å²) in [6.07, 6.45) is 10.0. The fraction of sp³-hybridized carbons (Fsp3) is 0.706. The highest BCUT2D eigenvalue weighted by atomic mass is 32.2. The van der Waals surface area contributed by atoms with Gasteiger partial charge < -0.3 is 28.1 Å². The fourth-order valence-corrected chi connectivity index (χ4v) is 16.0. The second-order valence-electron chi connectivity index (χ2n) is 20.4. The van der Waals surface area contributed by atoms with Gasteiger partial charge in [0.15, 0.2) is 0 Å². The lowest BCUT2D eigenvalue weighted by molar-refractivity contribution is -0.174. The first kappa shape index (κ1) is 50.3. The normalized spacial score (nSPS) is 29.1. The number of nitrogens with one attached hydrogen (secondary N) is 3. The molecule has 0 heterocycles. The number of aryl methyl sites for hydroxylation is 4. The molecule has 0 aromatic heterocycles. The Morgan fingerprint density at radius 2 is 1.34 bits per heavy atom. The van der Waals surface area contributed by atoms with Crippen LogP contribution in [0.5, 0.6) is 0 Å². The maximum Gasteiger partial charge on any atom is 0.500 e. The summed E-state index contributed by atoms with van der Waals surface area (Å²) in [7, 11) is 2.43. The van der Waals surface area contributed by atoms with Gasteiger partial charge in [0.1, 0.15) is 12.2 Å². The second-order valence-corrected chi connectivity index (χ2v) is 24.7. The van der Waals surface area contributed by atoms with Crippen LogP contribution in [0.4, 0.5) is 21.0 Å². The van der Waals surface area contributed by atoms with E-state index in [2.05, 4.69) is 48.9 Å². The van der Waals surface area contributed by atoms with Gasteiger partial charge in [-0.2, -0.15) is 11.8 Å². The van der Waals surface area contributed by atoms with Crippen molar-refractivity contribution in [2.75, 3.05) is 50.0 Å². The summed E-state index contributed by atoms with van der Waals surface area (Å²) >= 11 is 1.89. The Labute approximate surface area is 389 Å². The van der Waals surface area contributed by atoms with E-state index in [0.29, 0.717) is 48.5 Å². The van der Waals surface area contributed by atoms with Crippen LogP contribution in [0.3, 0.4) is 0 Å². The SMILES string of the molecule is CO[Si](CCCSCCCNC(=O)CC[C@@H](C)[C@H]1CC[C@H]2[C@@H]3CC[C@@H]4C[C@H](OC(=O)Nc5cc(C)cc(C)c5)CC[C@]4(C)[C@H]3C[C@H](OC(=O)Nc3cc(C)cc(C)c3)[C@]12C)(OC)OC. The van der Waals surface area contributed by atoms with Gasteiger partial charge in [0.2, 0.25) is 5.91 Å². The lowest BCUT2D eigenvalue weighted by Gasteiger charge is -2.62. The number of hydrogen-bond donors (Lipinski definition) is 3. The molecule has 2 aromatic carbocycles. The van der Waals surface area contributed by atoms with E-state index in [4.69, 9.17) is 22.8 Å². The quantitative estimate of drug-likeness (QED) is 0.0930. The maximum atomic E-state index is 14.0. The number of rotatable bonds is 19. The number of anilines is 2. The monoisotopic (exact) mass is 922 g/mol. The summed E-state index contributed by atoms with van der Waals surface area (Å²) in [6, 6.07) is 12.9. The smallest absolute Gasteiger partial charge is 0.446 e. The third-order valence-corrected chi connectivity index (χ3v) is 20.2. The molecular weight excluding hydrogens is 843 g/mol. The van der Waals surface area contributed by atoms with Gasteiger partial charge in [-0.3, -0.25) is 15.4 Å². The zero-order valence-corrected chi connectivity index (χ0v) is 42.4. The van der Waals surface area contributed by atoms with Crippen molar-refractivity contribution >= 4 is 50.0 Å². The minimum Gasteiger partial charge on any atom is -0.446 e. The molecule has 0 saturated heterocycles. The lowest BCUT2D eigenvalue weighted by atomic mass is 9.43. The first-order valence-electron chi connectivity index (χ1n) is 24.1. The van der Waals surface area contributed by atoms with E-state index in [1.807, 2.05) is 63.7 Å². The Morgan fingerprint density at radius 3 is 1.95 bits per heavy atom. The minimum absolute atomic E-state index is 0.0613. The molecular formula is C51H79N3O8SSi. The van der Waals surface area contributed by atoms with Crippen molar-refractivity contribution < 1.29 is 37.1 Å². The van der Waals surface area contributed by atoms with Gasteiger partial charge >= 0.3 is 21.0 Å². The van der Waals surface area contributed by atoms with Gasteiger partial charge in [-0.1, -0.05) is 32.9 Å². The molecule has 11 nitrogen and oxygen atoms in total. The van der Waals surface area contributed by atoms with Crippen molar-refractivity contribution in [1.82, 2.24) is 5.32 Å². The van der Waals surface area contributed by atoms with Crippen LogP contribution in [0.1, 0.15) is 120 Å². The number of carbonyl (C=O) groups is 3. The number of amides is 3. The predicted octanol–water partition coefficient (Wildman–Crippen LogP) is 11.6. The highest BCUT2D eigenvalue weighted by Gasteiger charge is 2.65. The molecule has 4 aliphatic carbocycles. The van der Waals surface area contributed by atoms with Crippen LogP contribution in [0.25, 0.3) is 0 Å². The van der Waals surface area contributed by atoms with Crippen molar-refractivity contribution in [3.8, 4) is 0 Å². The zero-order valence-electron chi connectivity index (χ0n) is 40.6. The van der Waals surface area contributed by atoms with Crippen LogP contribution in [0.2, 0.25) is 6.04 Å². The van der Waals surface area contributed by atoms with Gasteiger partial charge in [0, 0.05) is 57.1 Å². The van der Waals surface area contributed by atoms with Crippen molar-refractivity contribution in [1.29, 1.82) is 0 Å². The van der Waals surface area contributed by atoms with E-state index in [-0.39, 0.29) is 41.1 Å². The van der Waals surface area contributed by atoms with Crippen molar-refractivity contribution in [2.45, 2.75) is 144 Å². The predicted molar refractivity (Wildman–Crippen MR) is 260 cm³/mol. The van der Waals surface area contributed by atoms with E-state index in [0.717, 1.165) is 122 Å². The summed E-state index contributed by atoms with van der Waals surface area (Å²) in [5, 5.41) is 9.27. The molecule has 13 heteroatoms. The van der Waals surface area contributed by atoms with Crippen LogP contribution in [-0.4, -0.2) is 78.5 Å². The highest BCUT2D eigenvalue weighted by molar-refractivity contribution is 7.99. The zero-order chi connectivity index (χ0) is 46.2. The van der Waals surface area contributed by atoms with Gasteiger partial charge in [-0.25, -0.2) is 9.59 Å². The molecule has 4 aliphatic rings. The molecule has 3 amide bonds. The molecule has 64 heavy (non-hydrogen) atoms. The Balaban J connectivity index is 1.08. The lowest BCUT2D eigenvalue weighted by Crippen LogP contribution is -2.60. The first-order valence-corrected chi connectivity index (χ1v) is 27.2. The third-order valence-electron chi connectivity index (χ3n) is 16.2. The second kappa shape index (κ2) is 22.1. The van der Waals surface area contributed by atoms with Crippen LogP contribution < -0.4 is 16.0 Å². The third kappa shape index (κ3) is 11.9. The van der Waals surface area contributed by atoms with E-state index < -0.39 is 8.80 Å². The number of fused-ring (bicyclic) bond motifs is 5. The average molecular weight is 922 g/mol. The van der Waals surface area contributed by atoms with E-state index in [1.165, 1.54) is 0 Å². The summed E-state index contributed by atoms with van der Waals surface area (Å²) in [5.41, 5.74) is 5.77. The van der Waals surface area contributed by atoms with Gasteiger partial charge in [0.25, 0.3) is 0 Å². The van der Waals surface area contributed by atoms with Gasteiger partial charge in [0.05, 0.1) is 0 Å². The van der Waals surface area contributed by atoms with Crippen LogP contribution in [0.15, 0.2) is 36.4 Å². The molecule has 0 bridgehead atoms. The largest absolute Gasteiger partial charge is 0.500 e. The van der Waals surface area contributed by atoms with E-state index in [9.17, 15) is 14.4 Å². The Morgan fingerprint density at radius 1 is 0.750 bits per heavy atom. The van der Waals surface area contributed by atoms with Crippen LogP contribution in [-0.2, 0) is 27.5 Å². The van der Waals surface area contributed by atoms with Crippen LogP contribution >= 0.6 is 11.8 Å². The number of benzene rings is 2. The Hall–Kier alpha value is -3.10.